The van der Waals surface area contributed by atoms with Crippen LogP contribution < -0.4 is 0 Å². The predicted octanol–water partition coefficient (Wildman–Crippen LogP) is 13.3. The Kier molecular flexibility index (Phi) is 6.89. The van der Waals surface area contributed by atoms with Crippen LogP contribution in [0.15, 0.2) is 182 Å². The van der Waals surface area contributed by atoms with Gasteiger partial charge in [0.25, 0.3) is 0 Å². The zero-order valence-electron chi connectivity index (χ0n) is 27.5. The van der Waals surface area contributed by atoms with Crippen LogP contribution in [0, 0.1) is 0 Å². The summed E-state index contributed by atoms with van der Waals surface area (Å²) < 4.78 is 5.12. The molecule has 0 aliphatic carbocycles. The highest BCUT2D eigenvalue weighted by atomic mass is 32.1. The molecule has 0 saturated carbocycles. The molecule has 10 rings (SSSR count). The molecule has 0 radical (unpaired) electrons. The van der Waals surface area contributed by atoms with Crippen LogP contribution in [0.25, 0.3) is 69.6 Å². The van der Waals surface area contributed by atoms with Crippen LogP contribution in [-0.4, -0.2) is 4.57 Å². The summed E-state index contributed by atoms with van der Waals surface area (Å²) in [6.45, 7) is 0. The van der Waals surface area contributed by atoms with Crippen molar-refractivity contribution >= 4 is 64.1 Å². The Morgan fingerprint density at radius 1 is 0.440 bits per heavy atom. The van der Waals surface area contributed by atoms with Crippen molar-refractivity contribution in [2.24, 2.45) is 0 Å². The molecule has 0 bridgehead atoms. The SMILES string of the molecule is c1ccc(-c2ccc([C@H](Cc3cccc4sc5ccccc5c34)c3ccc4ccc5c(c4c3)c3ccccc3n5-c3ccccc3)cc2)cc1. The lowest BCUT2D eigenvalue weighted by atomic mass is 9.83. The van der Waals surface area contributed by atoms with Gasteiger partial charge in [-0.2, -0.15) is 0 Å². The highest BCUT2D eigenvalue weighted by molar-refractivity contribution is 7.25. The maximum Gasteiger partial charge on any atom is 0.0547 e. The van der Waals surface area contributed by atoms with Crippen LogP contribution >= 0.6 is 11.3 Å². The lowest BCUT2D eigenvalue weighted by Gasteiger charge is -2.21. The van der Waals surface area contributed by atoms with E-state index in [2.05, 4.69) is 187 Å². The van der Waals surface area contributed by atoms with Crippen LogP contribution in [0.5, 0.6) is 0 Å². The average molecular weight is 656 g/mol. The second-order valence-electron chi connectivity index (χ2n) is 13.3. The Morgan fingerprint density at radius 3 is 1.94 bits per heavy atom. The monoisotopic (exact) mass is 655 g/mol. The van der Waals surface area contributed by atoms with Crippen molar-refractivity contribution in [1.29, 1.82) is 0 Å². The second-order valence-corrected chi connectivity index (χ2v) is 14.3. The maximum atomic E-state index is 2.49. The zero-order chi connectivity index (χ0) is 33.0. The quantitative estimate of drug-likeness (QED) is 0.168. The Labute approximate surface area is 295 Å². The molecular formula is C48H33NS. The van der Waals surface area contributed by atoms with E-state index in [1.165, 1.54) is 86.3 Å². The molecule has 0 amide bonds. The molecule has 1 atom stereocenters. The van der Waals surface area contributed by atoms with Gasteiger partial charge in [-0.05, 0) is 87.5 Å². The van der Waals surface area contributed by atoms with E-state index in [-0.39, 0.29) is 5.92 Å². The van der Waals surface area contributed by atoms with Crippen molar-refractivity contribution in [3.8, 4) is 16.8 Å². The Balaban J connectivity index is 1.19. The fraction of sp³-hybridized carbons (Fsp3) is 0.0417. The molecule has 50 heavy (non-hydrogen) atoms. The number of hydrogen-bond donors (Lipinski definition) is 0. The summed E-state index contributed by atoms with van der Waals surface area (Å²) in [7, 11) is 0. The van der Waals surface area contributed by atoms with Crippen molar-refractivity contribution in [3.63, 3.8) is 0 Å². The first-order chi connectivity index (χ1) is 24.8. The summed E-state index contributed by atoms with van der Waals surface area (Å²) in [5, 5.41) is 7.92. The normalized spacial score (nSPS) is 12.4. The van der Waals surface area contributed by atoms with Crippen LogP contribution in [0.1, 0.15) is 22.6 Å². The standard InChI is InChI=1S/C48H33NS/c1-3-12-32(13-4-1)33-22-24-34(25-23-33)41(31-37-14-11-21-46-47(37)40-18-8-10-20-45(40)50-46)36-27-26-35-28-29-44-48(42(35)30-36)39-17-7-9-19-43(39)49(44)38-15-5-2-6-16-38/h1-30,41H,31H2/t41-/m0/s1. The molecule has 0 fully saturated rings. The minimum Gasteiger partial charge on any atom is -0.309 e. The average Bonchev–Trinajstić information content (AvgIpc) is 3.74. The highest BCUT2D eigenvalue weighted by Gasteiger charge is 2.21. The number of aromatic nitrogens is 1. The molecule has 0 unspecified atom stereocenters. The van der Waals surface area contributed by atoms with Crippen molar-refractivity contribution in [2.75, 3.05) is 0 Å². The first kappa shape index (κ1) is 29.0. The van der Waals surface area contributed by atoms with Gasteiger partial charge in [-0.15, -0.1) is 11.3 Å². The summed E-state index contributed by atoms with van der Waals surface area (Å²) in [5.74, 6) is 0.172. The third-order valence-corrected chi connectivity index (χ3v) is 11.6. The molecule has 8 aromatic carbocycles. The Bertz CT molecular complexity index is 2820. The number of fused-ring (bicyclic) bond motifs is 8. The first-order valence-electron chi connectivity index (χ1n) is 17.4. The lowest BCUT2D eigenvalue weighted by molar-refractivity contribution is 0.812. The summed E-state index contributed by atoms with van der Waals surface area (Å²) in [4.78, 5) is 0. The largest absolute Gasteiger partial charge is 0.309 e. The van der Waals surface area contributed by atoms with Gasteiger partial charge in [-0.3, -0.25) is 0 Å². The van der Waals surface area contributed by atoms with Gasteiger partial charge in [-0.1, -0.05) is 140 Å². The molecule has 0 aliphatic heterocycles. The van der Waals surface area contributed by atoms with E-state index >= 15 is 0 Å². The van der Waals surface area contributed by atoms with E-state index < -0.39 is 0 Å². The van der Waals surface area contributed by atoms with E-state index in [4.69, 9.17) is 0 Å². The minimum atomic E-state index is 0.172. The molecule has 2 aromatic heterocycles. The fourth-order valence-electron chi connectivity index (χ4n) is 8.08. The Hall–Kier alpha value is -5.96. The van der Waals surface area contributed by atoms with Crippen LogP contribution in [0.2, 0.25) is 0 Å². The third-order valence-electron chi connectivity index (χ3n) is 10.4. The van der Waals surface area contributed by atoms with E-state index in [1.54, 1.807) is 0 Å². The van der Waals surface area contributed by atoms with Crippen LogP contribution in [0.3, 0.4) is 0 Å². The van der Waals surface area contributed by atoms with E-state index in [9.17, 15) is 0 Å². The van der Waals surface area contributed by atoms with Gasteiger partial charge in [0.2, 0.25) is 0 Å². The molecular weight excluding hydrogens is 623 g/mol. The van der Waals surface area contributed by atoms with Gasteiger partial charge in [0.05, 0.1) is 11.0 Å². The van der Waals surface area contributed by atoms with Crippen LogP contribution in [-0.2, 0) is 6.42 Å². The van der Waals surface area contributed by atoms with Gasteiger partial charge in [0.15, 0.2) is 0 Å². The Morgan fingerprint density at radius 2 is 1.10 bits per heavy atom. The predicted molar refractivity (Wildman–Crippen MR) is 215 cm³/mol. The molecule has 0 aliphatic rings. The topological polar surface area (TPSA) is 4.93 Å². The van der Waals surface area contributed by atoms with E-state index in [0.717, 1.165) is 6.42 Å². The molecule has 1 nitrogen and oxygen atoms in total. The molecule has 2 heterocycles. The van der Waals surface area contributed by atoms with Gasteiger partial charge >= 0.3 is 0 Å². The second kappa shape index (κ2) is 11.9. The molecule has 0 saturated heterocycles. The first-order valence-corrected chi connectivity index (χ1v) is 18.2. The number of thiophene rings is 1. The van der Waals surface area contributed by atoms with Crippen molar-refractivity contribution in [1.82, 2.24) is 4.57 Å². The summed E-state index contributed by atoms with van der Waals surface area (Å²) >= 11 is 1.90. The maximum absolute atomic E-state index is 2.49. The van der Waals surface area contributed by atoms with Crippen molar-refractivity contribution in [3.05, 3.63) is 199 Å². The van der Waals surface area contributed by atoms with Gasteiger partial charge in [-0.25, -0.2) is 0 Å². The lowest BCUT2D eigenvalue weighted by Crippen LogP contribution is -2.06. The number of hydrogen-bond acceptors (Lipinski definition) is 1. The molecule has 0 spiro atoms. The van der Waals surface area contributed by atoms with Crippen molar-refractivity contribution in [2.45, 2.75) is 12.3 Å². The summed E-state index contributed by atoms with van der Waals surface area (Å²) in [6, 6.07) is 67.1. The van der Waals surface area contributed by atoms with Gasteiger partial charge < -0.3 is 4.57 Å². The highest BCUT2D eigenvalue weighted by Crippen LogP contribution is 2.42. The number of nitrogens with zero attached hydrogens (tertiary/aromatic N) is 1. The fourth-order valence-corrected chi connectivity index (χ4v) is 9.23. The summed E-state index contributed by atoms with van der Waals surface area (Å²) in [5.41, 5.74) is 10.2. The number of rotatable bonds is 6. The van der Waals surface area contributed by atoms with Crippen molar-refractivity contribution < 1.29 is 0 Å². The minimum absolute atomic E-state index is 0.172. The molecule has 236 valence electrons. The summed E-state index contributed by atoms with van der Waals surface area (Å²) in [6.07, 6.45) is 0.913. The molecule has 0 N–H and O–H groups in total. The third kappa shape index (κ3) is 4.75. The van der Waals surface area contributed by atoms with Gasteiger partial charge in [0.1, 0.15) is 0 Å². The van der Waals surface area contributed by atoms with E-state index in [0.29, 0.717) is 0 Å². The molecule has 2 heteroatoms. The van der Waals surface area contributed by atoms with E-state index in [1.807, 2.05) is 11.3 Å². The smallest absolute Gasteiger partial charge is 0.0547 e. The molecule has 10 aromatic rings. The van der Waals surface area contributed by atoms with Gasteiger partial charge in [0, 0.05) is 42.6 Å². The zero-order valence-corrected chi connectivity index (χ0v) is 28.3. The van der Waals surface area contributed by atoms with Crippen LogP contribution in [0.4, 0.5) is 0 Å². The number of para-hydroxylation sites is 2. The number of benzene rings is 8.